The maximum Gasteiger partial charge on any atom is 0.346 e. The molecule has 91 heavy (non-hydrogen) atoms. The predicted molar refractivity (Wildman–Crippen MR) is 305 cm³/mol. The van der Waals surface area contributed by atoms with Gasteiger partial charge in [0.05, 0.1) is 88.3 Å². The van der Waals surface area contributed by atoms with Crippen LogP contribution in [0.25, 0.3) is 95.0 Å². The first-order valence-electron chi connectivity index (χ1n) is 24.6. The van der Waals surface area contributed by atoms with Crippen LogP contribution in [0.2, 0.25) is 0 Å². The minimum absolute atomic E-state index is 0.199. The molecule has 3 aromatic heterocycles. The van der Waals surface area contributed by atoms with Crippen molar-refractivity contribution in [3.05, 3.63) is 236 Å². The first-order valence-corrected chi connectivity index (χ1v) is 24.6. The molecule has 0 aliphatic heterocycles. The SMILES string of the molecule is CC/C(=C\C=C(/C[N+](=O)[O-])[N+](=O)[O-])c1nc2c(nc1-c1ccc([N+](=O)[O-])c([N+](=O)[O-])c1)c1nc(-c3ccc([N+](=O)[O-])c([N+](=O)[O-])c3)c(-c3ccc([N+](=O)[O-])c([N+](=O)[O-])c3)nc1c1nc(-c3ccc([N+](=O)[O-])c([N+](=O)[O-])c3)c(-c3ccc([N+](=O)[O-])c([N+](=O)[O-])c3)nc21. The molecule has 3 heterocycles. The molecule has 0 unspecified atom stereocenters. The van der Waals surface area contributed by atoms with E-state index in [2.05, 4.69) is 0 Å². The van der Waals surface area contributed by atoms with Crippen LogP contribution in [0.1, 0.15) is 19.0 Å². The minimum atomic E-state index is -1.38. The fourth-order valence-electron chi connectivity index (χ4n) is 9.25. The van der Waals surface area contributed by atoms with Crippen molar-refractivity contribution in [3.8, 4) is 56.3 Å². The van der Waals surface area contributed by atoms with E-state index in [0.29, 0.717) is 66.7 Å². The molecule has 6 aromatic carbocycles. The summed E-state index contributed by atoms with van der Waals surface area (Å²) in [4.78, 5) is 161. The summed E-state index contributed by atoms with van der Waals surface area (Å²) in [6.45, 7) is 0.0151. The molecule has 9 aromatic rings. The van der Waals surface area contributed by atoms with Gasteiger partial charge in [-0.15, -0.1) is 0 Å². The van der Waals surface area contributed by atoms with E-state index in [1.54, 1.807) is 0 Å². The lowest BCUT2D eigenvalue weighted by atomic mass is 9.99. The number of nitro benzene ring substituents is 10. The Hall–Kier alpha value is -14.4. The van der Waals surface area contributed by atoms with Gasteiger partial charge < -0.3 is 0 Å². The lowest BCUT2D eigenvalue weighted by Gasteiger charge is -2.18. The number of fused-ring (bicyclic) bond motifs is 6. The molecule has 0 atom stereocenters. The van der Waals surface area contributed by atoms with Crippen LogP contribution in [-0.4, -0.2) is 95.5 Å². The van der Waals surface area contributed by atoms with Gasteiger partial charge in [-0.05, 0) is 42.3 Å². The third-order valence-electron chi connectivity index (χ3n) is 13.3. The number of allylic oxidation sites excluding steroid dienone is 3. The molecule has 0 saturated carbocycles. The molecule has 0 radical (unpaired) electrons. The second kappa shape index (κ2) is 23.6. The van der Waals surface area contributed by atoms with E-state index in [1.165, 1.54) is 6.92 Å². The molecule has 0 bridgehead atoms. The number of aromatic nitrogens is 6. The van der Waals surface area contributed by atoms with Crippen LogP contribution in [0.4, 0.5) is 56.9 Å². The minimum Gasteiger partial charge on any atom is -0.264 e. The zero-order valence-electron chi connectivity index (χ0n) is 44.6. The Morgan fingerprint density at radius 1 is 0.319 bits per heavy atom. The molecule has 42 heteroatoms. The number of nitro groups is 12. The van der Waals surface area contributed by atoms with Gasteiger partial charge in [0.25, 0.3) is 6.54 Å². The molecule has 9 rings (SSSR count). The maximum absolute atomic E-state index is 12.5. The average Bonchev–Trinajstić information content (AvgIpc) is 0.715. The van der Waals surface area contributed by atoms with Gasteiger partial charge in [0.15, 0.2) is 0 Å². The topological polar surface area (TPSA) is 595 Å². The maximum atomic E-state index is 12.5. The lowest BCUT2D eigenvalue weighted by molar-refractivity contribution is -0.519. The molecule has 42 nitrogen and oxygen atoms in total. The van der Waals surface area contributed by atoms with Crippen LogP contribution in [0, 0.1) is 121 Å². The molecular weight excluding hydrogens is 1220 g/mol. The molecular formula is C49H24N18O24. The molecule has 0 saturated heterocycles. The van der Waals surface area contributed by atoms with Gasteiger partial charge in [-0.3, -0.25) is 121 Å². The highest BCUT2D eigenvalue weighted by atomic mass is 16.7. The van der Waals surface area contributed by atoms with Crippen molar-refractivity contribution in [1.82, 2.24) is 29.9 Å². The highest BCUT2D eigenvalue weighted by molar-refractivity contribution is 6.20. The standard InChI is InChI=1S/C49H24N18O24/c1-2-21(3-9-27(57(70)71)20-56(68)69)38-39(22-4-10-28(58(72)73)33(15-22)63(82)83)51-45-44(50-38)46-48(54-41(24-6-12-30(60(76)77)35(17-24)65(86)87)40(52-46)23-5-11-29(59(74)75)34(16-23)64(84)85)49-47(45)53-42(25-7-13-31(61(78)79)36(18-25)66(88)89)43(55-49)26-8-14-32(62(80)81)37(19-26)67(90)91/h3-19H,2,20H2,1H3/b21-3+,27-9+. The van der Waals surface area contributed by atoms with Crippen molar-refractivity contribution in [2.45, 2.75) is 13.3 Å². The zero-order valence-corrected chi connectivity index (χ0v) is 44.6. The van der Waals surface area contributed by atoms with Crippen LogP contribution in [0.5, 0.6) is 0 Å². The number of benzene rings is 6. The Morgan fingerprint density at radius 3 is 0.769 bits per heavy atom. The first-order chi connectivity index (χ1) is 43.0. The Kier molecular flexibility index (Phi) is 15.9. The molecule has 0 fully saturated rings. The first kappa shape index (κ1) is 61.2. The monoisotopic (exact) mass is 1250 g/mol. The summed E-state index contributed by atoms with van der Waals surface area (Å²) < 4.78 is 0. The van der Waals surface area contributed by atoms with Gasteiger partial charge in [0.2, 0.25) is 0 Å². The number of nitrogens with zero attached hydrogens (tertiary/aromatic N) is 18. The van der Waals surface area contributed by atoms with Crippen LogP contribution in [-0.2, 0) is 0 Å². The van der Waals surface area contributed by atoms with Crippen LogP contribution >= 0.6 is 0 Å². The molecule has 0 aliphatic rings. The molecule has 0 amide bonds. The van der Waals surface area contributed by atoms with E-state index in [4.69, 9.17) is 29.9 Å². The molecule has 0 aliphatic carbocycles. The smallest absolute Gasteiger partial charge is 0.264 e. The molecule has 0 N–H and O–H groups in total. The third-order valence-corrected chi connectivity index (χ3v) is 13.3. The van der Waals surface area contributed by atoms with E-state index in [1.807, 2.05) is 0 Å². The Morgan fingerprint density at radius 2 is 0.549 bits per heavy atom. The van der Waals surface area contributed by atoms with E-state index >= 15 is 0 Å². The van der Waals surface area contributed by atoms with Gasteiger partial charge in [-0.2, -0.15) is 0 Å². The largest absolute Gasteiger partial charge is 0.346 e. The third kappa shape index (κ3) is 11.4. The van der Waals surface area contributed by atoms with E-state index < -0.39 is 223 Å². The highest BCUT2D eigenvalue weighted by Crippen LogP contribution is 2.46. The van der Waals surface area contributed by atoms with Crippen LogP contribution in [0.15, 0.2) is 109 Å². The van der Waals surface area contributed by atoms with Crippen molar-refractivity contribution in [2.75, 3.05) is 6.54 Å². The van der Waals surface area contributed by atoms with Crippen LogP contribution in [0.3, 0.4) is 0 Å². The van der Waals surface area contributed by atoms with Crippen molar-refractivity contribution in [2.24, 2.45) is 0 Å². The number of hydrogen-bond donors (Lipinski definition) is 0. The van der Waals surface area contributed by atoms with Gasteiger partial charge >= 0.3 is 62.6 Å². The lowest BCUT2D eigenvalue weighted by Crippen LogP contribution is -2.11. The van der Waals surface area contributed by atoms with Crippen molar-refractivity contribution in [1.29, 1.82) is 0 Å². The van der Waals surface area contributed by atoms with Gasteiger partial charge in [0, 0.05) is 99.5 Å². The van der Waals surface area contributed by atoms with Crippen LogP contribution < -0.4 is 0 Å². The number of rotatable bonds is 21. The van der Waals surface area contributed by atoms with Crippen molar-refractivity contribution in [3.63, 3.8) is 0 Å². The number of hydrogen-bond acceptors (Lipinski definition) is 30. The second-order valence-electron chi connectivity index (χ2n) is 18.4. The van der Waals surface area contributed by atoms with Crippen molar-refractivity contribution >= 4 is 95.5 Å². The zero-order chi connectivity index (χ0) is 66.3. The fourth-order valence-corrected chi connectivity index (χ4v) is 9.25. The van der Waals surface area contributed by atoms with Crippen molar-refractivity contribution < 1.29 is 59.1 Å². The Bertz CT molecular complexity index is 4870. The summed E-state index contributed by atoms with van der Waals surface area (Å²) in [5.41, 5.74) is -22.8. The van der Waals surface area contributed by atoms with Gasteiger partial charge in [-0.1, -0.05) is 13.0 Å². The summed E-state index contributed by atoms with van der Waals surface area (Å²) in [6.07, 6.45) is 1.30. The molecule has 0 spiro atoms. The summed E-state index contributed by atoms with van der Waals surface area (Å²) in [6, 6.07) is 10.7. The van der Waals surface area contributed by atoms with Gasteiger partial charge in [0.1, 0.15) is 33.1 Å². The Balaban J connectivity index is 1.61. The Labute approximate surface area is 495 Å². The van der Waals surface area contributed by atoms with E-state index in [-0.39, 0.29) is 12.0 Å². The highest BCUT2D eigenvalue weighted by Gasteiger charge is 2.35. The summed E-state index contributed by atoms with van der Waals surface area (Å²) in [5, 5.41) is 147. The predicted octanol–water partition coefficient (Wildman–Crippen LogP) is 10.2. The van der Waals surface area contributed by atoms with E-state index in [9.17, 15) is 121 Å². The fraction of sp³-hybridized carbons (Fsp3) is 0.0612. The van der Waals surface area contributed by atoms with Gasteiger partial charge in [-0.25, -0.2) is 29.9 Å². The summed E-state index contributed by atoms with van der Waals surface area (Å²) in [7, 11) is 0. The van der Waals surface area contributed by atoms with E-state index in [0.717, 1.165) is 36.4 Å². The summed E-state index contributed by atoms with van der Waals surface area (Å²) >= 11 is 0. The summed E-state index contributed by atoms with van der Waals surface area (Å²) in [5.74, 6) is 0. The normalized spacial score (nSPS) is 11.5. The molecule has 454 valence electrons. The quantitative estimate of drug-likeness (QED) is 0.0279. The second-order valence-corrected chi connectivity index (χ2v) is 18.4. The average molecular weight is 1250 g/mol.